The lowest BCUT2D eigenvalue weighted by molar-refractivity contribution is 0.0985. The van der Waals surface area contributed by atoms with Crippen LogP contribution in [0.4, 0.5) is 0 Å². The second-order valence-corrected chi connectivity index (χ2v) is 6.55. The number of carbonyl (C=O) groups is 1. The molecule has 0 radical (unpaired) electrons. The first kappa shape index (κ1) is 16.7. The van der Waals surface area contributed by atoms with Crippen molar-refractivity contribution >= 4 is 29.0 Å². The third-order valence-electron chi connectivity index (χ3n) is 4.01. The van der Waals surface area contributed by atoms with E-state index < -0.39 is 0 Å². The van der Waals surface area contributed by atoms with E-state index in [1.54, 1.807) is 36.4 Å². The van der Waals surface area contributed by atoms with Crippen molar-refractivity contribution in [2.24, 2.45) is 0 Å². The highest BCUT2D eigenvalue weighted by Gasteiger charge is 2.24. The van der Waals surface area contributed by atoms with E-state index in [0.29, 0.717) is 21.2 Å². The minimum absolute atomic E-state index is 0.200. The van der Waals surface area contributed by atoms with Crippen molar-refractivity contribution in [1.29, 1.82) is 0 Å². The van der Waals surface area contributed by atoms with Crippen LogP contribution in [0, 0.1) is 0 Å². The third-order valence-corrected chi connectivity index (χ3v) is 4.48. The predicted octanol–water partition coefficient (Wildman–Crippen LogP) is 6.74. The van der Waals surface area contributed by atoms with Crippen LogP contribution in [-0.4, -0.2) is 5.78 Å². The average Bonchev–Trinajstić information content (AvgIpc) is 3.31. The maximum atomic E-state index is 13.1. The fourth-order valence-electron chi connectivity index (χ4n) is 2.84. The minimum atomic E-state index is -0.343. The molecule has 2 aromatic carbocycles. The molecule has 3 nitrogen and oxygen atoms in total. The van der Waals surface area contributed by atoms with Crippen molar-refractivity contribution in [3.05, 3.63) is 94.8 Å². The Balaban J connectivity index is 1.78. The molecule has 0 bridgehead atoms. The van der Waals surface area contributed by atoms with Crippen molar-refractivity contribution in [2.75, 3.05) is 0 Å². The molecule has 2 aromatic heterocycles. The Morgan fingerprint density at radius 1 is 0.692 bits per heavy atom. The number of halogens is 2. The largest absolute Gasteiger partial charge is 0.460 e. The summed E-state index contributed by atoms with van der Waals surface area (Å²) in [4.78, 5) is 13.1. The average molecular weight is 383 g/mol. The van der Waals surface area contributed by atoms with Crippen LogP contribution in [0.5, 0.6) is 0 Å². The molecule has 5 heteroatoms. The van der Waals surface area contributed by atoms with Crippen LogP contribution in [0.15, 0.2) is 82.0 Å². The molecule has 128 valence electrons. The van der Waals surface area contributed by atoms with Crippen LogP contribution in [0.25, 0.3) is 22.3 Å². The zero-order chi connectivity index (χ0) is 18.1. The molecule has 0 fully saturated rings. The molecule has 0 amide bonds. The maximum Gasteiger partial charge on any atom is 0.264 e. The second-order valence-electron chi connectivity index (χ2n) is 5.68. The summed E-state index contributed by atoms with van der Waals surface area (Å²) in [5, 5.41) is 1.17. The smallest absolute Gasteiger partial charge is 0.264 e. The highest BCUT2D eigenvalue weighted by molar-refractivity contribution is 6.31. The topological polar surface area (TPSA) is 43.4 Å². The first-order chi connectivity index (χ1) is 12.6. The predicted molar refractivity (Wildman–Crippen MR) is 102 cm³/mol. The number of hydrogen-bond acceptors (Lipinski definition) is 3. The lowest BCUT2D eigenvalue weighted by Gasteiger charge is -2.04. The van der Waals surface area contributed by atoms with Gasteiger partial charge in [-0.2, -0.15) is 0 Å². The summed E-state index contributed by atoms with van der Waals surface area (Å²) in [5.74, 6) is 0.0564. The van der Waals surface area contributed by atoms with Gasteiger partial charge >= 0.3 is 0 Å². The number of hydrogen-bond donors (Lipinski definition) is 0. The van der Waals surface area contributed by atoms with Crippen molar-refractivity contribution in [3.8, 4) is 22.3 Å². The van der Waals surface area contributed by atoms with Gasteiger partial charge in [0.2, 0.25) is 0 Å². The Hall–Kier alpha value is -2.75. The van der Waals surface area contributed by atoms with Gasteiger partial charge in [0.05, 0.1) is 12.5 Å². The molecule has 0 aliphatic carbocycles. The van der Waals surface area contributed by atoms with E-state index in [2.05, 4.69) is 0 Å². The van der Waals surface area contributed by atoms with Gasteiger partial charge in [0.25, 0.3) is 5.78 Å². The summed E-state index contributed by atoms with van der Waals surface area (Å²) in [6.07, 6.45) is 2.96. The van der Waals surface area contributed by atoms with E-state index in [0.717, 1.165) is 11.1 Å². The Morgan fingerprint density at radius 2 is 1.15 bits per heavy atom. The molecule has 0 atom stereocenters. The van der Waals surface area contributed by atoms with E-state index in [1.807, 2.05) is 24.3 Å². The van der Waals surface area contributed by atoms with Gasteiger partial charge in [0.1, 0.15) is 0 Å². The normalized spacial score (nSPS) is 10.8. The molecule has 0 unspecified atom stereocenters. The molecular weight excluding hydrogens is 371 g/mol. The van der Waals surface area contributed by atoms with Crippen LogP contribution in [0.2, 0.25) is 10.0 Å². The van der Waals surface area contributed by atoms with Crippen LogP contribution in [-0.2, 0) is 0 Å². The molecule has 26 heavy (non-hydrogen) atoms. The number of carbonyl (C=O) groups excluding carboxylic acids is 1. The summed E-state index contributed by atoms with van der Waals surface area (Å²) >= 11 is 12.1. The minimum Gasteiger partial charge on any atom is -0.460 e. The Kier molecular flexibility index (Phi) is 4.41. The Morgan fingerprint density at radius 3 is 1.58 bits per heavy atom. The number of rotatable bonds is 4. The first-order valence-corrected chi connectivity index (χ1v) is 8.60. The number of ketones is 1. The fraction of sp³-hybridized carbons (Fsp3) is 0. The van der Waals surface area contributed by atoms with Crippen LogP contribution < -0.4 is 0 Å². The highest BCUT2D eigenvalue weighted by Crippen LogP contribution is 2.33. The molecule has 0 aliphatic heterocycles. The van der Waals surface area contributed by atoms with Crippen LogP contribution >= 0.6 is 23.2 Å². The van der Waals surface area contributed by atoms with E-state index in [4.69, 9.17) is 32.0 Å². The fourth-order valence-corrected chi connectivity index (χ4v) is 3.22. The molecule has 4 rings (SSSR count). The van der Waals surface area contributed by atoms with E-state index >= 15 is 0 Å². The summed E-state index contributed by atoms with van der Waals surface area (Å²) in [5.41, 5.74) is 2.91. The van der Waals surface area contributed by atoms with E-state index in [1.165, 1.54) is 12.5 Å². The summed E-state index contributed by atoms with van der Waals surface area (Å²) < 4.78 is 11.0. The highest BCUT2D eigenvalue weighted by atomic mass is 35.5. The molecule has 2 heterocycles. The summed E-state index contributed by atoms with van der Waals surface area (Å²) in [6.45, 7) is 0. The van der Waals surface area contributed by atoms with Crippen molar-refractivity contribution in [1.82, 2.24) is 0 Å². The molecule has 0 aliphatic rings. The number of benzene rings is 2. The van der Waals surface area contributed by atoms with Gasteiger partial charge in [-0.1, -0.05) is 47.5 Å². The van der Waals surface area contributed by atoms with Gasteiger partial charge in [0, 0.05) is 21.2 Å². The lowest BCUT2D eigenvalue weighted by Crippen LogP contribution is -2.02. The monoisotopic (exact) mass is 382 g/mol. The molecular formula is C21H12Cl2O3. The number of furan rings is 2. The van der Waals surface area contributed by atoms with E-state index in [-0.39, 0.29) is 17.3 Å². The Bertz CT molecular complexity index is 1010. The molecule has 4 aromatic rings. The summed E-state index contributed by atoms with van der Waals surface area (Å²) in [7, 11) is 0. The van der Waals surface area contributed by atoms with Gasteiger partial charge in [0.15, 0.2) is 11.5 Å². The zero-order valence-corrected chi connectivity index (χ0v) is 14.9. The maximum absolute atomic E-state index is 13.1. The van der Waals surface area contributed by atoms with Crippen molar-refractivity contribution in [2.45, 2.75) is 0 Å². The standard InChI is InChI=1S/C21H12Cl2O3/c22-15-5-1-3-13(11-15)17-7-9-25-20(17)19(24)21-18(8-10-26-21)14-4-2-6-16(23)12-14/h1-12H. The third kappa shape index (κ3) is 3.07. The van der Waals surface area contributed by atoms with Gasteiger partial charge in [-0.15, -0.1) is 0 Å². The second kappa shape index (κ2) is 6.87. The first-order valence-electron chi connectivity index (χ1n) is 7.85. The Labute approximate surface area is 159 Å². The van der Waals surface area contributed by atoms with Crippen LogP contribution in [0.3, 0.4) is 0 Å². The van der Waals surface area contributed by atoms with Gasteiger partial charge < -0.3 is 8.83 Å². The van der Waals surface area contributed by atoms with Crippen molar-refractivity contribution in [3.63, 3.8) is 0 Å². The molecule has 0 saturated heterocycles. The van der Waals surface area contributed by atoms with Gasteiger partial charge in [-0.25, -0.2) is 0 Å². The lowest BCUT2D eigenvalue weighted by atomic mass is 10.00. The van der Waals surface area contributed by atoms with Crippen molar-refractivity contribution < 1.29 is 13.6 Å². The van der Waals surface area contributed by atoms with E-state index in [9.17, 15) is 4.79 Å². The quantitative estimate of drug-likeness (QED) is 0.366. The molecule has 0 N–H and O–H groups in total. The molecule has 0 spiro atoms. The SMILES string of the molecule is O=C(c1occc1-c1cccc(Cl)c1)c1occc1-c1cccc(Cl)c1. The molecule has 0 saturated carbocycles. The van der Waals surface area contributed by atoms with Gasteiger partial charge in [-0.05, 0) is 47.5 Å². The van der Waals surface area contributed by atoms with Gasteiger partial charge in [-0.3, -0.25) is 4.79 Å². The zero-order valence-electron chi connectivity index (χ0n) is 13.4. The summed E-state index contributed by atoms with van der Waals surface area (Å²) in [6, 6.07) is 18.0. The van der Waals surface area contributed by atoms with Crippen LogP contribution in [0.1, 0.15) is 16.3 Å².